The molecular formula is C22H27N3O3. The van der Waals surface area contributed by atoms with Gasteiger partial charge in [-0.15, -0.1) is 0 Å². The molecule has 6 nitrogen and oxygen atoms in total. The molecule has 28 heavy (non-hydrogen) atoms. The second kappa shape index (κ2) is 6.76. The summed E-state index contributed by atoms with van der Waals surface area (Å²) < 4.78 is 7.33. The average Bonchev–Trinajstić information content (AvgIpc) is 3.04. The van der Waals surface area contributed by atoms with Gasteiger partial charge in [0.25, 0.3) is 5.56 Å². The van der Waals surface area contributed by atoms with Crippen molar-refractivity contribution in [3.63, 3.8) is 0 Å². The van der Waals surface area contributed by atoms with E-state index in [4.69, 9.17) is 9.72 Å². The van der Waals surface area contributed by atoms with Gasteiger partial charge in [-0.1, -0.05) is 24.3 Å². The third kappa shape index (κ3) is 3.32. The number of ether oxygens (including phenoxy) is 1. The number of aromatic nitrogens is 2. The van der Waals surface area contributed by atoms with Crippen LogP contribution in [0.2, 0.25) is 0 Å². The normalized spacial score (nSPS) is 18.6. The maximum atomic E-state index is 13.3. The first-order valence-electron chi connectivity index (χ1n) is 9.91. The Balaban J connectivity index is 1.66. The standard InChI is InChI=1S/C22H27N3O3/c1-14-23-18-13-24(21(27)28-22(2,3)4)12-11-17(18)20(26)25(14)19-10-9-15-7-5-6-8-16(15)19/h5-8,19H,9-13H2,1-4H3. The third-order valence-corrected chi connectivity index (χ3v) is 5.51. The van der Waals surface area contributed by atoms with Crippen molar-refractivity contribution in [2.75, 3.05) is 6.54 Å². The van der Waals surface area contributed by atoms with Crippen molar-refractivity contribution in [1.29, 1.82) is 0 Å². The van der Waals surface area contributed by atoms with E-state index in [1.807, 2.05) is 44.4 Å². The van der Waals surface area contributed by atoms with Crippen molar-refractivity contribution >= 4 is 6.09 Å². The molecule has 0 spiro atoms. The van der Waals surface area contributed by atoms with Crippen LogP contribution in [0.5, 0.6) is 0 Å². The summed E-state index contributed by atoms with van der Waals surface area (Å²) in [6.07, 6.45) is 2.06. The van der Waals surface area contributed by atoms with E-state index >= 15 is 0 Å². The topological polar surface area (TPSA) is 64.4 Å². The van der Waals surface area contributed by atoms with Crippen molar-refractivity contribution in [3.8, 4) is 0 Å². The fourth-order valence-electron chi connectivity index (χ4n) is 4.27. The van der Waals surface area contributed by atoms with Crippen molar-refractivity contribution in [1.82, 2.24) is 14.5 Å². The highest BCUT2D eigenvalue weighted by Gasteiger charge is 2.31. The molecule has 0 N–H and O–H groups in total. The summed E-state index contributed by atoms with van der Waals surface area (Å²) in [7, 11) is 0. The number of fused-ring (bicyclic) bond motifs is 2. The first kappa shape index (κ1) is 18.7. The molecule has 2 aliphatic rings. The first-order valence-corrected chi connectivity index (χ1v) is 9.91. The van der Waals surface area contributed by atoms with Gasteiger partial charge in [-0.05, 0) is 58.1 Å². The second-order valence-corrected chi connectivity index (χ2v) is 8.66. The van der Waals surface area contributed by atoms with Crippen molar-refractivity contribution in [2.24, 2.45) is 0 Å². The largest absolute Gasteiger partial charge is 0.444 e. The minimum absolute atomic E-state index is 0.0352. The molecular weight excluding hydrogens is 354 g/mol. The molecule has 0 bridgehead atoms. The second-order valence-electron chi connectivity index (χ2n) is 8.66. The molecule has 2 heterocycles. The van der Waals surface area contributed by atoms with Crippen LogP contribution in [-0.2, 0) is 24.1 Å². The Kier molecular flexibility index (Phi) is 4.52. The van der Waals surface area contributed by atoms with Crippen molar-refractivity contribution < 1.29 is 9.53 Å². The molecule has 1 aliphatic carbocycles. The van der Waals surface area contributed by atoms with Gasteiger partial charge in [0.15, 0.2) is 0 Å². The highest BCUT2D eigenvalue weighted by atomic mass is 16.6. The molecule has 1 aromatic carbocycles. The lowest BCUT2D eigenvalue weighted by atomic mass is 10.0. The Morgan fingerprint density at radius 1 is 1.21 bits per heavy atom. The molecule has 4 rings (SSSR count). The van der Waals surface area contributed by atoms with E-state index < -0.39 is 5.60 Å². The van der Waals surface area contributed by atoms with Gasteiger partial charge in [-0.3, -0.25) is 9.36 Å². The van der Waals surface area contributed by atoms with Gasteiger partial charge < -0.3 is 9.64 Å². The zero-order chi connectivity index (χ0) is 20.1. The first-order chi connectivity index (χ1) is 13.2. The quantitative estimate of drug-likeness (QED) is 0.760. The number of hydrogen-bond acceptors (Lipinski definition) is 4. The summed E-state index contributed by atoms with van der Waals surface area (Å²) in [5.74, 6) is 0.705. The summed E-state index contributed by atoms with van der Waals surface area (Å²) >= 11 is 0. The molecule has 0 radical (unpaired) electrons. The van der Waals surface area contributed by atoms with Gasteiger partial charge in [0.2, 0.25) is 0 Å². The number of amides is 1. The summed E-state index contributed by atoms with van der Waals surface area (Å²) in [5.41, 5.74) is 3.46. The molecule has 2 aromatic rings. The SMILES string of the molecule is Cc1nc2c(c(=O)n1C1CCc3ccccc31)CCN(C(=O)OC(C)(C)C)C2. The van der Waals surface area contributed by atoms with Crippen LogP contribution < -0.4 is 5.56 Å². The predicted molar refractivity (Wildman–Crippen MR) is 106 cm³/mol. The van der Waals surface area contributed by atoms with Gasteiger partial charge in [0, 0.05) is 12.1 Å². The van der Waals surface area contributed by atoms with E-state index in [9.17, 15) is 9.59 Å². The summed E-state index contributed by atoms with van der Waals surface area (Å²) in [6, 6.07) is 8.38. The van der Waals surface area contributed by atoms with Crippen LogP contribution in [0.4, 0.5) is 4.79 Å². The smallest absolute Gasteiger partial charge is 0.410 e. The van der Waals surface area contributed by atoms with E-state index in [0.29, 0.717) is 31.0 Å². The predicted octanol–water partition coefficient (Wildman–Crippen LogP) is 3.38. The van der Waals surface area contributed by atoms with Gasteiger partial charge in [0.05, 0.1) is 18.3 Å². The Labute approximate surface area is 165 Å². The zero-order valence-corrected chi connectivity index (χ0v) is 17.0. The highest BCUT2D eigenvalue weighted by molar-refractivity contribution is 5.68. The molecule has 6 heteroatoms. The maximum absolute atomic E-state index is 13.3. The number of carbonyl (C=O) groups excluding carboxylic acids is 1. The minimum Gasteiger partial charge on any atom is -0.444 e. The van der Waals surface area contributed by atoms with Gasteiger partial charge >= 0.3 is 6.09 Å². The zero-order valence-electron chi connectivity index (χ0n) is 17.0. The number of hydrogen-bond donors (Lipinski definition) is 0. The lowest BCUT2D eigenvalue weighted by molar-refractivity contribution is 0.0219. The minimum atomic E-state index is -0.542. The van der Waals surface area contributed by atoms with Crippen LogP contribution in [0.25, 0.3) is 0 Å². The monoisotopic (exact) mass is 381 g/mol. The molecule has 1 amide bonds. The lowest BCUT2D eigenvalue weighted by Gasteiger charge is -2.31. The molecule has 148 valence electrons. The Morgan fingerprint density at radius 3 is 2.71 bits per heavy atom. The maximum Gasteiger partial charge on any atom is 0.410 e. The van der Waals surface area contributed by atoms with Crippen molar-refractivity contribution in [2.45, 2.75) is 65.1 Å². The van der Waals surface area contributed by atoms with Crippen LogP contribution in [0.15, 0.2) is 29.1 Å². The van der Waals surface area contributed by atoms with E-state index in [1.165, 1.54) is 11.1 Å². The fourth-order valence-corrected chi connectivity index (χ4v) is 4.27. The fraction of sp³-hybridized carbons (Fsp3) is 0.500. The number of nitrogens with zero attached hydrogens (tertiary/aromatic N) is 3. The Bertz CT molecular complexity index is 987. The summed E-state index contributed by atoms with van der Waals surface area (Å²) in [5, 5.41) is 0. The molecule has 1 atom stereocenters. The van der Waals surface area contributed by atoms with Crippen LogP contribution >= 0.6 is 0 Å². The van der Waals surface area contributed by atoms with E-state index in [1.54, 1.807) is 4.90 Å². The summed E-state index contributed by atoms with van der Waals surface area (Å²) in [6.45, 7) is 8.23. The van der Waals surface area contributed by atoms with Crippen LogP contribution in [0, 0.1) is 6.92 Å². The molecule has 1 aliphatic heterocycles. The van der Waals surface area contributed by atoms with E-state index in [0.717, 1.165) is 18.4 Å². The molecule has 0 fully saturated rings. The lowest BCUT2D eigenvalue weighted by Crippen LogP contribution is -2.43. The van der Waals surface area contributed by atoms with E-state index in [-0.39, 0.29) is 17.7 Å². The summed E-state index contributed by atoms with van der Waals surface area (Å²) in [4.78, 5) is 32.1. The van der Waals surface area contributed by atoms with Gasteiger partial charge in [0.1, 0.15) is 11.4 Å². The van der Waals surface area contributed by atoms with Crippen LogP contribution in [-0.4, -0.2) is 32.7 Å². The molecule has 0 saturated carbocycles. The molecule has 1 unspecified atom stereocenters. The van der Waals surface area contributed by atoms with Gasteiger partial charge in [-0.25, -0.2) is 9.78 Å². The third-order valence-electron chi connectivity index (χ3n) is 5.51. The average molecular weight is 381 g/mol. The van der Waals surface area contributed by atoms with Crippen LogP contribution in [0.1, 0.15) is 61.4 Å². The number of benzene rings is 1. The van der Waals surface area contributed by atoms with Gasteiger partial charge in [-0.2, -0.15) is 0 Å². The Hall–Kier alpha value is -2.63. The molecule has 1 aromatic heterocycles. The Morgan fingerprint density at radius 2 is 1.96 bits per heavy atom. The number of aryl methyl sites for hydroxylation is 2. The van der Waals surface area contributed by atoms with Crippen molar-refractivity contribution in [3.05, 3.63) is 62.8 Å². The highest BCUT2D eigenvalue weighted by Crippen LogP contribution is 2.34. The van der Waals surface area contributed by atoms with E-state index in [2.05, 4.69) is 12.1 Å². The molecule has 0 saturated heterocycles. The number of carbonyl (C=O) groups is 1. The number of rotatable bonds is 1. The van der Waals surface area contributed by atoms with Crippen LogP contribution in [0.3, 0.4) is 0 Å².